The molecule has 0 radical (unpaired) electrons. The Kier molecular flexibility index (Phi) is 7.58. The van der Waals surface area contributed by atoms with E-state index in [1.807, 2.05) is 30.3 Å². The van der Waals surface area contributed by atoms with E-state index >= 15 is 0 Å². The van der Waals surface area contributed by atoms with Gasteiger partial charge in [0.1, 0.15) is 35.6 Å². The monoisotopic (exact) mass is 530 g/mol. The topological polar surface area (TPSA) is 90.6 Å². The number of carbonyl (C=O) groups excluding carboxylic acids is 2. The molecule has 5 rings (SSSR count). The maximum Gasteiger partial charge on any atom is 0.342 e. The van der Waals surface area contributed by atoms with Crippen molar-refractivity contribution in [1.29, 1.82) is 0 Å². The summed E-state index contributed by atoms with van der Waals surface area (Å²) in [4.78, 5) is 32.0. The number of carbonyl (C=O) groups is 2. The molecule has 8 nitrogen and oxygen atoms in total. The average Bonchev–Trinajstić information content (AvgIpc) is 3.44. The minimum absolute atomic E-state index is 0.0870. The van der Waals surface area contributed by atoms with E-state index in [4.69, 9.17) is 18.7 Å². The zero-order valence-corrected chi connectivity index (χ0v) is 21.6. The number of hydrogen-bond donors (Lipinski definition) is 0. The van der Waals surface area contributed by atoms with Crippen LogP contribution in [0.5, 0.6) is 5.75 Å². The number of esters is 1. The Balaban J connectivity index is 1.27. The molecule has 1 amide bonds. The molecule has 1 aromatic heterocycles. The molecular weight excluding hydrogens is 503 g/mol. The van der Waals surface area contributed by atoms with Crippen molar-refractivity contribution < 1.29 is 32.7 Å². The Morgan fingerprint density at radius 3 is 2.64 bits per heavy atom. The van der Waals surface area contributed by atoms with Crippen LogP contribution in [-0.4, -0.2) is 44.5 Å². The highest BCUT2D eigenvalue weighted by Crippen LogP contribution is 2.36. The molecule has 3 aromatic carbocycles. The van der Waals surface area contributed by atoms with Crippen LogP contribution in [-0.2, 0) is 14.4 Å². The van der Waals surface area contributed by atoms with Crippen molar-refractivity contribution >= 4 is 34.2 Å². The molecule has 0 N–H and O–H groups in total. The number of benzene rings is 3. The highest BCUT2D eigenvalue weighted by molar-refractivity contribution is 6.54. The van der Waals surface area contributed by atoms with E-state index in [1.54, 1.807) is 36.1 Å². The fraction of sp³-hybridized carbons (Fsp3) is 0.233. The summed E-state index contributed by atoms with van der Waals surface area (Å²) in [6.07, 6.45) is 1.30. The van der Waals surface area contributed by atoms with E-state index in [1.165, 1.54) is 19.2 Å². The summed E-state index contributed by atoms with van der Waals surface area (Å²) in [5.41, 5.74) is 2.80. The number of anilines is 1. The Labute approximate surface area is 224 Å². The van der Waals surface area contributed by atoms with Gasteiger partial charge >= 0.3 is 5.97 Å². The fourth-order valence-electron chi connectivity index (χ4n) is 4.61. The van der Waals surface area contributed by atoms with Crippen LogP contribution in [0.2, 0.25) is 0 Å². The highest BCUT2D eigenvalue weighted by Gasteiger charge is 2.34. The van der Waals surface area contributed by atoms with Crippen molar-refractivity contribution in [2.24, 2.45) is 5.16 Å². The molecule has 0 unspecified atom stereocenters. The minimum Gasteiger partial charge on any atom is -0.494 e. The Hall–Kier alpha value is -4.66. The Bertz CT molecular complexity index is 1550. The average molecular weight is 531 g/mol. The van der Waals surface area contributed by atoms with E-state index in [2.05, 4.69) is 5.16 Å². The van der Waals surface area contributed by atoms with E-state index in [-0.39, 0.29) is 18.2 Å². The SMILES string of the molecule is CCOC(=O)c1c(-c2ccccc2)oc2ccc(OCCCCN3C(=O)/C(=N\OC)c4cc(F)ccc43)cc12. The standard InChI is InChI=1S/C30H27FN2O6/c1-3-37-30(35)26-23-18-21(12-14-25(23)39-28(26)19-9-5-4-6-10-19)38-16-8-7-15-33-24-13-11-20(31)17-22(24)27(29(33)34)32-36-2/h4-6,9-14,17-18H,3,7-8,15-16H2,1-2H3/b32-27-. The normalized spacial score (nSPS) is 13.7. The summed E-state index contributed by atoms with van der Waals surface area (Å²) in [7, 11) is 1.35. The van der Waals surface area contributed by atoms with Crippen LogP contribution >= 0.6 is 0 Å². The van der Waals surface area contributed by atoms with Crippen LogP contribution in [0, 0.1) is 5.82 Å². The molecule has 1 aliphatic heterocycles. The molecule has 0 aliphatic carbocycles. The number of hydrogen-bond acceptors (Lipinski definition) is 7. The zero-order valence-electron chi connectivity index (χ0n) is 21.6. The molecule has 0 bridgehead atoms. The number of unbranched alkanes of at least 4 members (excludes halogenated alkanes) is 1. The number of furan rings is 1. The summed E-state index contributed by atoms with van der Waals surface area (Å²) < 4.78 is 31.1. The van der Waals surface area contributed by atoms with Gasteiger partial charge in [0.25, 0.3) is 5.91 Å². The van der Waals surface area contributed by atoms with Crippen LogP contribution in [0.15, 0.2) is 76.3 Å². The quantitative estimate of drug-likeness (QED) is 0.143. The molecular formula is C30H27FN2O6. The van der Waals surface area contributed by atoms with Gasteiger partial charge in [-0.1, -0.05) is 35.5 Å². The maximum absolute atomic E-state index is 13.8. The molecule has 0 saturated heterocycles. The molecule has 0 atom stereocenters. The fourth-order valence-corrected chi connectivity index (χ4v) is 4.61. The number of halogens is 1. The molecule has 200 valence electrons. The lowest BCUT2D eigenvalue weighted by molar-refractivity contribution is -0.112. The van der Waals surface area contributed by atoms with Gasteiger partial charge in [0.15, 0.2) is 5.71 Å². The van der Waals surface area contributed by atoms with Gasteiger partial charge in [-0.05, 0) is 56.2 Å². The van der Waals surface area contributed by atoms with Gasteiger partial charge in [-0.25, -0.2) is 9.18 Å². The van der Waals surface area contributed by atoms with Crippen molar-refractivity contribution in [3.8, 4) is 17.1 Å². The smallest absolute Gasteiger partial charge is 0.342 e. The van der Waals surface area contributed by atoms with Crippen molar-refractivity contribution in [2.75, 3.05) is 31.8 Å². The van der Waals surface area contributed by atoms with Gasteiger partial charge < -0.3 is 23.6 Å². The lowest BCUT2D eigenvalue weighted by Gasteiger charge is -2.16. The first-order valence-electron chi connectivity index (χ1n) is 12.7. The number of nitrogens with zero attached hydrogens (tertiary/aromatic N) is 2. The third-order valence-electron chi connectivity index (χ3n) is 6.35. The highest BCUT2D eigenvalue weighted by atomic mass is 19.1. The van der Waals surface area contributed by atoms with Crippen LogP contribution in [0.25, 0.3) is 22.3 Å². The van der Waals surface area contributed by atoms with E-state index in [9.17, 15) is 14.0 Å². The van der Waals surface area contributed by atoms with Crippen LogP contribution in [0.3, 0.4) is 0 Å². The summed E-state index contributed by atoms with van der Waals surface area (Å²) in [5.74, 6) is -0.199. The van der Waals surface area contributed by atoms with Gasteiger partial charge in [-0.15, -0.1) is 0 Å². The number of ether oxygens (including phenoxy) is 2. The molecule has 1 aliphatic rings. The summed E-state index contributed by atoms with van der Waals surface area (Å²) in [6, 6.07) is 18.9. The second kappa shape index (κ2) is 11.4. The summed E-state index contributed by atoms with van der Waals surface area (Å²) in [6.45, 7) is 2.81. The first-order valence-corrected chi connectivity index (χ1v) is 12.7. The largest absolute Gasteiger partial charge is 0.494 e. The third-order valence-corrected chi connectivity index (χ3v) is 6.35. The second-order valence-corrected chi connectivity index (χ2v) is 8.85. The van der Waals surface area contributed by atoms with Crippen LogP contribution < -0.4 is 9.64 Å². The molecule has 0 spiro atoms. The van der Waals surface area contributed by atoms with Crippen molar-refractivity contribution in [1.82, 2.24) is 0 Å². The predicted molar refractivity (Wildman–Crippen MR) is 145 cm³/mol. The van der Waals surface area contributed by atoms with Crippen LogP contribution in [0.1, 0.15) is 35.7 Å². The van der Waals surface area contributed by atoms with E-state index in [0.29, 0.717) is 65.3 Å². The first-order chi connectivity index (χ1) is 19.0. The van der Waals surface area contributed by atoms with Crippen LogP contribution in [0.4, 0.5) is 10.1 Å². The molecule has 0 fully saturated rings. The number of amides is 1. The Morgan fingerprint density at radius 1 is 1.05 bits per heavy atom. The van der Waals surface area contributed by atoms with E-state index < -0.39 is 11.8 Å². The van der Waals surface area contributed by atoms with Gasteiger partial charge in [0, 0.05) is 23.1 Å². The minimum atomic E-state index is -0.459. The molecule has 4 aromatic rings. The number of rotatable bonds is 10. The molecule has 9 heteroatoms. The van der Waals surface area contributed by atoms with Crippen molar-refractivity contribution in [2.45, 2.75) is 19.8 Å². The van der Waals surface area contributed by atoms with Gasteiger partial charge in [-0.3, -0.25) is 4.79 Å². The first kappa shape index (κ1) is 26.0. The Morgan fingerprint density at radius 2 is 1.87 bits per heavy atom. The second-order valence-electron chi connectivity index (χ2n) is 8.85. The summed E-state index contributed by atoms with van der Waals surface area (Å²) >= 11 is 0. The molecule has 0 saturated carbocycles. The molecule has 2 heterocycles. The third kappa shape index (κ3) is 5.20. The lowest BCUT2D eigenvalue weighted by atomic mass is 10.1. The summed E-state index contributed by atoms with van der Waals surface area (Å²) in [5, 5.41) is 4.40. The number of fused-ring (bicyclic) bond motifs is 2. The zero-order chi connectivity index (χ0) is 27.4. The van der Waals surface area contributed by atoms with E-state index in [0.717, 1.165) is 5.56 Å². The lowest BCUT2D eigenvalue weighted by Crippen LogP contribution is -2.31. The van der Waals surface area contributed by atoms with Gasteiger partial charge in [0.2, 0.25) is 0 Å². The predicted octanol–water partition coefficient (Wildman–Crippen LogP) is 5.97. The van der Waals surface area contributed by atoms with Crippen molar-refractivity contribution in [3.63, 3.8) is 0 Å². The van der Waals surface area contributed by atoms with Gasteiger partial charge in [-0.2, -0.15) is 0 Å². The maximum atomic E-state index is 13.8. The molecule has 39 heavy (non-hydrogen) atoms. The van der Waals surface area contributed by atoms with Gasteiger partial charge in [0.05, 0.1) is 18.9 Å². The number of oxime groups is 1. The van der Waals surface area contributed by atoms with Crippen molar-refractivity contribution in [3.05, 3.63) is 83.7 Å².